The highest BCUT2D eigenvalue weighted by molar-refractivity contribution is 7.15. The Kier molecular flexibility index (Phi) is 5.78. The fourth-order valence-corrected chi connectivity index (χ4v) is 3.83. The van der Waals surface area contributed by atoms with Gasteiger partial charge in [0, 0.05) is 40.4 Å². The molecular formula is C18H16Cl2N2O2S. The Morgan fingerprint density at radius 1 is 1.24 bits per heavy atom. The van der Waals surface area contributed by atoms with Crippen molar-refractivity contribution in [2.75, 3.05) is 5.32 Å². The van der Waals surface area contributed by atoms with Gasteiger partial charge >= 0.3 is 0 Å². The van der Waals surface area contributed by atoms with Gasteiger partial charge in [-0.3, -0.25) is 4.79 Å². The highest BCUT2D eigenvalue weighted by Crippen LogP contribution is 2.25. The Morgan fingerprint density at radius 3 is 2.68 bits per heavy atom. The standard InChI is InChI=1S/C18H16Cl2N2O2S/c1-11-2-3-15(24-11)4-5-17(23)22-18-21-10-16(25-18)8-12-6-13(19)9-14(20)7-12/h2-3,6-7,9-10H,4-5,8H2,1H3,(H,21,22,23). The van der Waals surface area contributed by atoms with Crippen molar-refractivity contribution in [3.63, 3.8) is 0 Å². The number of amides is 1. The second-order valence-corrected chi connectivity index (χ2v) is 7.63. The van der Waals surface area contributed by atoms with Crippen LogP contribution in [0.5, 0.6) is 0 Å². The fraction of sp³-hybridized carbons (Fsp3) is 0.222. The number of anilines is 1. The van der Waals surface area contributed by atoms with Gasteiger partial charge in [-0.05, 0) is 42.8 Å². The fourth-order valence-electron chi connectivity index (χ4n) is 2.40. The molecule has 0 aliphatic rings. The van der Waals surface area contributed by atoms with E-state index in [-0.39, 0.29) is 5.91 Å². The van der Waals surface area contributed by atoms with Crippen molar-refractivity contribution < 1.29 is 9.21 Å². The number of nitrogens with zero attached hydrogens (tertiary/aromatic N) is 1. The molecule has 0 saturated carbocycles. The van der Waals surface area contributed by atoms with E-state index < -0.39 is 0 Å². The van der Waals surface area contributed by atoms with Crippen LogP contribution >= 0.6 is 34.5 Å². The number of aromatic nitrogens is 1. The average molecular weight is 395 g/mol. The predicted molar refractivity (Wildman–Crippen MR) is 102 cm³/mol. The lowest BCUT2D eigenvalue weighted by Crippen LogP contribution is -2.11. The zero-order valence-corrected chi connectivity index (χ0v) is 15.8. The first-order valence-electron chi connectivity index (χ1n) is 7.73. The maximum absolute atomic E-state index is 12.0. The Balaban J connectivity index is 1.54. The Hall–Kier alpha value is -1.82. The molecule has 7 heteroatoms. The third-order valence-corrected chi connectivity index (χ3v) is 4.84. The van der Waals surface area contributed by atoms with E-state index in [2.05, 4.69) is 10.3 Å². The van der Waals surface area contributed by atoms with Crippen LogP contribution in [0.2, 0.25) is 10.0 Å². The predicted octanol–water partition coefficient (Wildman–Crippen LogP) is 5.51. The lowest BCUT2D eigenvalue weighted by Gasteiger charge is -2.01. The number of carbonyl (C=O) groups is 1. The maximum atomic E-state index is 12.0. The molecule has 0 bridgehead atoms. The van der Waals surface area contributed by atoms with Gasteiger partial charge in [-0.15, -0.1) is 11.3 Å². The van der Waals surface area contributed by atoms with E-state index in [4.69, 9.17) is 27.6 Å². The Morgan fingerprint density at radius 2 is 2.00 bits per heavy atom. The molecule has 0 fully saturated rings. The van der Waals surface area contributed by atoms with Crippen molar-refractivity contribution in [1.29, 1.82) is 0 Å². The SMILES string of the molecule is Cc1ccc(CCC(=O)Nc2ncc(Cc3cc(Cl)cc(Cl)c3)s2)o1. The van der Waals surface area contributed by atoms with E-state index in [1.807, 2.05) is 31.2 Å². The summed E-state index contributed by atoms with van der Waals surface area (Å²) in [6, 6.07) is 9.22. The van der Waals surface area contributed by atoms with Crippen molar-refractivity contribution in [2.45, 2.75) is 26.2 Å². The zero-order chi connectivity index (χ0) is 17.8. The summed E-state index contributed by atoms with van der Waals surface area (Å²) in [6.45, 7) is 1.88. The number of nitrogens with one attached hydrogen (secondary N) is 1. The average Bonchev–Trinajstić information content (AvgIpc) is 3.13. The summed E-state index contributed by atoms with van der Waals surface area (Å²) in [6.07, 6.45) is 3.34. The number of hydrogen-bond donors (Lipinski definition) is 1. The summed E-state index contributed by atoms with van der Waals surface area (Å²) < 4.78 is 5.46. The van der Waals surface area contributed by atoms with Crippen LogP contribution < -0.4 is 5.32 Å². The molecule has 1 N–H and O–H groups in total. The van der Waals surface area contributed by atoms with Gasteiger partial charge in [0.05, 0.1) is 0 Å². The molecule has 3 aromatic rings. The minimum atomic E-state index is -0.0826. The highest BCUT2D eigenvalue weighted by atomic mass is 35.5. The van der Waals surface area contributed by atoms with Crippen molar-refractivity contribution in [3.05, 3.63) is 68.5 Å². The molecule has 1 amide bonds. The van der Waals surface area contributed by atoms with Gasteiger partial charge in [-0.25, -0.2) is 4.98 Å². The second kappa shape index (κ2) is 8.04. The molecule has 3 rings (SSSR count). The highest BCUT2D eigenvalue weighted by Gasteiger charge is 2.09. The van der Waals surface area contributed by atoms with Crippen LogP contribution in [0, 0.1) is 6.92 Å². The van der Waals surface area contributed by atoms with E-state index in [9.17, 15) is 4.79 Å². The van der Waals surface area contributed by atoms with Crippen LogP contribution in [-0.2, 0) is 17.6 Å². The molecule has 130 valence electrons. The summed E-state index contributed by atoms with van der Waals surface area (Å²) >= 11 is 13.5. The van der Waals surface area contributed by atoms with Gasteiger partial charge < -0.3 is 9.73 Å². The summed E-state index contributed by atoms with van der Waals surface area (Å²) in [5.74, 6) is 1.58. The monoisotopic (exact) mass is 394 g/mol. The van der Waals surface area contributed by atoms with E-state index in [0.29, 0.717) is 34.4 Å². The number of hydrogen-bond acceptors (Lipinski definition) is 4. The lowest BCUT2D eigenvalue weighted by molar-refractivity contribution is -0.116. The van der Waals surface area contributed by atoms with Crippen molar-refractivity contribution in [3.8, 4) is 0 Å². The lowest BCUT2D eigenvalue weighted by atomic mass is 10.1. The van der Waals surface area contributed by atoms with E-state index in [1.165, 1.54) is 11.3 Å². The van der Waals surface area contributed by atoms with Gasteiger partial charge in [-0.1, -0.05) is 23.2 Å². The molecular weight excluding hydrogens is 379 g/mol. The van der Waals surface area contributed by atoms with E-state index in [1.54, 1.807) is 12.3 Å². The number of halogens is 2. The quantitative estimate of drug-likeness (QED) is 0.599. The molecule has 25 heavy (non-hydrogen) atoms. The van der Waals surface area contributed by atoms with E-state index in [0.717, 1.165) is 22.0 Å². The smallest absolute Gasteiger partial charge is 0.226 e. The molecule has 2 aromatic heterocycles. The molecule has 0 aliphatic carbocycles. The third-order valence-electron chi connectivity index (χ3n) is 3.50. The molecule has 4 nitrogen and oxygen atoms in total. The summed E-state index contributed by atoms with van der Waals surface area (Å²) in [4.78, 5) is 17.3. The number of furan rings is 1. The second-order valence-electron chi connectivity index (χ2n) is 5.65. The first-order chi connectivity index (χ1) is 12.0. The van der Waals surface area contributed by atoms with Gasteiger partial charge in [-0.2, -0.15) is 0 Å². The van der Waals surface area contributed by atoms with Crippen LogP contribution in [0.15, 0.2) is 40.9 Å². The number of carbonyl (C=O) groups excluding carboxylic acids is 1. The molecule has 0 atom stereocenters. The number of rotatable bonds is 6. The molecule has 1 aromatic carbocycles. The molecule has 0 spiro atoms. The maximum Gasteiger partial charge on any atom is 0.226 e. The molecule has 0 radical (unpaired) electrons. The minimum Gasteiger partial charge on any atom is -0.466 e. The topological polar surface area (TPSA) is 55.1 Å². The number of aryl methyl sites for hydroxylation is 2. The third kappa shape index (κ3) is 5.33. The zero-order valence-electron chi connectivity index (χ0n) is 13.5. The van der Waals surface area contributed by atoms with Crippen molar-refractivity contribution in [1.82, 2.24) is 4.98 Å². The molecule has 0 unspecified atom stereocenters. The van der Waals surface area contributed by atoms with Crippen LogP contribution in [0.3, 0.4) is 0 Å². The summed E-state index contributed by atoms with van der Waals surface area (Å²) in [7, 11) is 0. The van der Waals surface area contributed by atoms with Crippen LogP contribution in [0.4, 0.5) is 5.13 Å². The van der Waals surface area contributed by atoms with E-state index >= 15 is 0 Å². The molecule has 0 aliphatic heterocycles. The van der Waals surface area contributed by atoms with Crippen LogP contribution in [0.1, 0.15) is 28.4 Å². The van der Waals surface area contributed by atoms with Crippen molar-refractivity contribution in [2.24, 2.45) is 0 Å². The Labute approximate surface area is 159 Å². The first-order valence-corrected chi connectivity index (χ1v) is 9.30. The van der Waals surface area contributed by atoms with Crippen LogP contribution in [-0.4, -0.2) is 10.9 Å². The molecule has 2 heterocycles. The molecule has 0 saturated heterocycles. The van der Waals surface area contributed by atoms with Gasteiger partial charge in [0.1, 0.15) is 11.5 Å². The van der Waals surface area contributed by atoms with Crippen LogP contribution in [0.25, 0.3) is 0 Å². The number of thiazole rings is 1. The van der Waals surface area contributed by atoms with Crippen molar-refractivity contribution >= 4 is 45.6 Å². The number of benzene rings is 1. The van der Waals surface area contributed by atoms with Gasteiger partial charge in [0.15, 0.2) is 5.13 Å². The normalized spacial score (nSPS) is 10.8. The van der Waals surface area contributed by atoms with Gasteiger partial charge in [0.25, 0.3) is 0 Å². The first kappa shape index (κ1) is 18.0. The summed E-state index contributed by atoms with van der Waals surface area (Å²) in [5, 5.41) is 4.62. The largest absolute Gasteiger partial charge is 0.466 e. The minimum absolute atomic E-state index is 0.0826. The summed E-state index contributed by atoms with van der Waals surface area (Å²) in [5.41, 5.74) is 1.01. The Bertz CT molecular complexity index is 869. The van der Waals surface area contributed by atoms with Gasteiger partial charge in [0.2, 0.25) is 5.91 Å².